The highest BCUT2D eigenvalue weighted by Crippen LogP contribution is 2.34. The molecule has 1 unspecified atom stereocenters. The quantitative estimate of drug-likeness (QED) is 0.830. The van der Waals surface area contributed by atoms with Gasteiger partial charge < -0.3 is 14.4 Å². The maximum atomic E-state index is 5.55. The van der Waals surface area contributed by atoms with Gasteiger partial charge in [0.05, 0.1) is 19.9 Å². The minimum absolute atomic E-state index is 0.305. The second kappa shape index (κ2) is 7.14. The number of benzene rings is 2. The first-order valence-corrected chi connectivity index (χ1v) is 9.53. The van der Waals surface area contributed by atoms with Crippen molar-refractivity contribution >= 4 is 11.4 Å². The van der Waals surface area contributed by atoms with Crippen molar-refractivity contribution in [3.63, 3.8) is 0 Å². The van der Waals surface area contributed by atoms with E-state index in [1.54, 1.807) is 14.2 Å². The minimum Gasteiger partial charge on any atom is -0.493 e. The van der Waals surface area contributed by atoms with Crippen LogP contribution in [-0.4, -0.2) is 51.1 Å². The van der Waals surface area contributed by atoms with E-state index in [1.165, 1.54) is 17.7 Å². The summed E-state index contributed by atoms with van der Waals surface area (Å²) in [5.74, 6) is 1.50. The SMILES string of the molecule is COc1cc2c(cc1OC)C(c1ccc(N3CCC3)cc1)=NN(C)C(C)C2. The molecular formula is C22H27N3O2. The number of ether oxygens (including phenoxy) is 2. The Hall–Kier alpha value is -2.69. The number of anilines is 1. The van der Waals surface area contributed by atoms with Crippen LogP contribution in [0.3, 0.4) is 0 Å². The number of hydrogen-bond donors (Lipinski definition) is 0. The summed E-state index contributed by atoms with van der Waals surface area (Å²) in [5, 5.41) is 7.00. The second-order valence-electron chi connectivity index (χ2n) is 7.33. The lowest BCUT2D eigenvalue weighted by Gasteiger charge is -2.33. The molecule has 0 radical (unpaired) electrons. The number of rotatable bonds is 4. The van der Waals surface area contributed by atoms with Crippen LogP contribution in [0.4, 0.5) is 5.69 Å². The molecule has 0 aromatic heterocycles. The molecule has 2 aromatic rings. The predicted octanol–water partition coefficient (Wildman–Crippen LogP) is 3.54. The summed E-state index contributed by atoms with van der Waals surface area (Å²) >= 11 is 0. The monoisotopic (exact) mass is 365 g/mol. The van der Waals surface area contributed by atoms with Crippen molar-refractivity contribution in [3.8, 4) is 11.5 Å². The van der Waals surface area contributed by atoms with Gasteiger partial charge in [-0.1, -0.05) is 12.1 Å². The molecular weight excluding hydrogens is 338 g/mol. The largest absolute Gasteiger partial charge is 0.493 e. The molecule has 4 rings (SSSR count). The molecule has 0 saturated carbocycles. The molecule has 2 aliphatic rings. The van der Waals surface area contributed by atoms with E-state index < -0.39 is 0 Å². The Kier molecular flexibility index (Phi) is 4.68. The summed E-state index contributed by atoms with van der Waals surface area (Å²) in [4.78, 5) is 2.40. The molecule has 1 fully saturated rings. The molecule has 2 aromatic carbocycles. The third kappa shape index (κ3) is 3.22. The molecule has 5 nitrogen and oxygen atoms in total. The molecule has 0 N–H and O–H groups in total. The van der Waals surface area contributed by atoms with Gasteiger partial charge in [0.1, 0.15) is 0 Å². The number of hydrogen-bond acceptors (Lipinski definition) is 5. The zero-order valence-electron chi connectivity index (χ0n) is 16.5. The Morgan fingerprint density at radius 3 is 2.26 bits per heavy atom. The summed E-state index contributed by atoms with van der Waals surface area (Å²) < 4.78 is 11.1. The Morgan fingerprint density at radius 2 is 1.67 bits per heavy atom. The molecule has 5 heteroatoms. The highest BCUT2D eigenvalue weighted by molar-refractivity contribution is 6.14. The fourth-order valence-corrected chi connectivity index (χ4v) is 3.69. The third-order valence-electron chi connectivity index (χ3n) is 5.64. The molecule has 0 aliphatic carbocycles. The van der Waals surface area contributed by atoms with E-state index in [4.69, 9.17) is 14.6 Å². The molecule has 1 atom stereocenters. The van der Waals surface area contributed by atoms with Crippen LogP contribution in [-0.2, 0) is 6.42 Å². The van der Waals surface area contributed by atoms with Gasteiger partial charge in [-0.15, -0.1) is 0 Å². The van der Waals surface area contributed by atoms with Crippen LogP contribution in [0.15, 0.2) is 41.5 Å². The van der Waals surface area contributed by atoms with Crippen molar-refractivity contribution in [2.75, 3.05) is 39.3 Å². The predicted molar refractivity (Wildman–Crippen MR) is 109 cm³/mol. The Morgan fingerprint density at radius 1 is 1.00 bits per heavy atom. The van der Waals surface area contributed by atoms with Crippen LogP contribution in [0.2, 0.25) is 0 Å². The van der Waals surface area contributed by atoms with Gasteiger partial charge in [0, 0.05) is 43.0 Å². The first-order valence-electron chi connectivity index (χ1n) is 9.53. The number of nitrogens with zero attached hydrogens (tertiary/aromatic N) is 3. The highest BCUT2D eigenvalue weighted by atomic mass is 16.5. The smallest absolute Gasteiger partial charge is 0.161 e. The molecule has 2 aliphatic heterocycles. The summed E-state index contributed by atoms with van der Waals surface area (Å²) in [6, 6.07) is 13.2. The topological polar surface area (TPSA) is 37.3 Å². The second-order valence-corrected chi connectivity index (χ2v) is 7.33. The van der Waals surface area contributed by atoms with E-state index in [1.807, 2.05) is 7.05 Å². The lowest BCUT2D eigenvalue weighted by atomic mass is 9.94. The fraction of sp³-hybridized carbons (Fsp3) is 0.409. The molecule has 0 spiro atoms. The van der Waals surface area contributed by atoms with E-state index >= 15 is 0 Å². The zero-order chi connectivity index (χ0) is 19.0. The van der Waals surface area contributed by atoms with Crippen LogP contribution in [0.5, 0.6) is 11.5 Å². The van der Waals surface area contributed by atoms with E-state index in [2.05, 4.69) is 53.2 Å². The molecule has 0 amide bonds. The first kappa shape index (κ1) is 17.7. The van der Waals surface area contributed by atoms with Crippen molar-refractivity contribution < 1.29 is 9.47 Å². The number of fused-ring (bicyclic) bond motifs is 1. The van der Waals surface area contributed by atoms with Crippen LogP contribution < -0.4 is 14.4 Å². The van der Waals surface area contributed by atoms with Crippen LogP contribution in [0, 0.1) is 0 Å². The lowest BCUT2D eigenvalue weighted by molar-refractivity contribution is 0.272. The van der Waals surface area contributed by atoms with Crippen LogP contribution >= 0.6 is 0 Å². The standard InChI is InChI=1S/C22H27N3O2/c1-15-12-17-13-20(26-3)21(27-4)14-19(17)22(23-24(15)2)16-6-8-18(9-7-16)25-10-5-11-25/h6-9,13-15H,5,10-12H2,1-4H3. The Labute approximate surface area is 161 Å². The first-order chi connectivity index (χ1) is 13.1. The Bertz CT molecular complexity index is 857. The summed E-state index contributed by atoms with van der Waals surface area (Å²) in [6.07, 6.45) is 2.19. The van der Waals surface area contributed by atoms with Crippen LogP contribution in [0.1, 0.15) is 30.0 Å². The lowest BCUT2D eigenvalue weighted by Crippen LogP contribution is -2.36. The number of likely N-dealkylation sites (N-methyl/N-ethyl adjacent to an activating group) is 1. The number of hydrazone groups is 1. The summed E-state index contributed by atoms with van der Waals surface area (Å²) in [6.45, 7) is 4.50. The highest BCUT2D eigenvalue weighted by Gasteiger charge is 2.24. The van der Waals surface area contributed by atoms with Crippen LogP contribution in [0.25, 0.3) is 0 Å². The van der Waals surface area contributed by atoms with Crippen molar-refractivity contribution in [1.29, 1.82) is 0 Å². The third-order valence-corrected chi connectivity index (χ3v) is 5.64. The average molecular weight is 365 g/mol. The summed E-state index contributed by atoms with van der Waals surface area (Å²) in [7, 11) is 5.40. The van der Waals surface area contributed by atoms with Gasteiger partial charge in [0.25, 0.3) is 0 Å². The molecule has 0 bridgehead atoms. The van der Waals surface area contributed by atoms with Gasteiger partial charge in [0.15, 0.2) is 11.5 Å². The van der Waals surface area contributed by atoms with E-state index in [0.29, 0.717) is 6.04 Å². The van der Waals surface area contributed by atoms with Crippen molar-refractivity contribution in [2.24, 2.45) is 5.10 Å². The van der Waals surface area contributed by atoms with Crippen molar-refractivity contribution in [3.05, 3.63) is 53.1 Å². The van der Waals surface area contributed by atoms with E-state index in [-0.39, 0.29) is 0 Å². The summed E-state index contributed by atoms with van der Waals surface area (Å²) in [5.41, 5.74) is 5.73. The van der Waals surface area contributed by atoms with Gasteiger partial charge in [-0.05, 0) is 49.6 Å². The van der Waals surface area contributed by atoms with Gasteiger partial charge in [-0.3, -0.25) is 5.01 Å². The van der Waals surface area contributed by atoms with E-state index in [9.17, 15) is 0 Å². The molecule has 142 valence electrons. The van der Waals surface area contributed by atoms with E-state index in [0.717, 1.165) is 47.8 Å². The molecule has 27 heavy (non-hydrogen) atoms. The minimum atomic E-state index is 0.305. The maximum absolute atomic E-state index is 5.55. The normalized spacial score (nSPS) is 19.0. The zero-order valence-corrected chi connectivity index (χ0v) is 16.5. The van der Waals surface area contributed by atoms with Gasteiger partial charge in [-0.25, -0.2) is 0 Å². The van der Waals surface area contributed by atoms with Gasteiger partial charge in [-0.2, -0.15) is 5.10 Å². The average Bonchev–Trinajstić information content (AvgIpc) is 2.76. The molecule has 2 heterocycles. The van der Waals surface area contributed by atoms with Gasteiger partial charge in [0.2, 0.25) is 0 Å². The fourth-order valence-electron chi connectivity index (χ4n) is 3.69. The van der Waals surface area contributed by atoms with Crippen molar-refractivity contribution in [1.82, 2.24) is 5.01 Å². The number of methoxy groups -OCH3 is 2. The van der Waals surface area contributed by atoms with Crippen molar-refractivity contribution in [2.45, 2.75) is 25.8 Å². The molecule has 1 saturated heterocycles. The van der Waals surface area contributed by atoms with Gasteiger partial charge >= 0.3 is 0 Å². The maximum Gasteiger partial charge on any atom is 0.161 e. The Balaban J connectivity index is 1.80.